The van der Waals surface area contributed by atoms with Gasteiger partial charge in [0.25, 0.3) is 0 Å². The third-order valence-corrected chi connectivity index (χ3v) is 2.76. The number of aliphatic hydroxyl groups is 1. The average molecular weight is 238 g/mol. The molecule has 0 saturated carbocycles. The first-order chi connectivity index (χ1) is 8.11. The first kappa shape index (κ1) is 13.5. The van der Waals surface area contributed by atoms with E-state index in [1.54, 1.807) is 24.3 Å². The Hall–Kier alpha value is -1.55. The van der Waals surface area contributed by atoms with Gasteiger partial charge in [0, 0.05) is 5.56 Å². The second kappa shape index (κ2) is 6.25. The number of methoxy groups -OCH3 is 1. The maximum atomic E-state index is 11.1. The van der Waals surface area contributed by atoms with Crippen molar-refractivity contribution in [3.05, 3.63) is 29.8 Å². The number of benzene rings is 1. The molecule has 0 aliphatic rings. The van der Waals surface area contributed by atoms with Crippen molar-refractivity contribution in [3.63, 3.8) is 0 Å². The molecule has 1 aromatic carbocycles. The standard InChI is InChI=1S/C13H18O4/c1-3-6-10(13(15)16)12(14)9-7-4-5-8-11(9)17-2/h4-5,7-8,10,12,14H,3,6H2,1-2H3,(H,15,16). The van der Waals surface area contributed by atoms with Gasteiger partial charge < -0.3 is 14.9 Å². The van der Waals surface area contributed by atoms with Crippen LogP contribution in [0.4, 0.5) is 0 Å². The highest BCUT2D eigenvalue weighted by Crippen LogP contribution is 2.32. The maximum absolute atomic E-state index is 11.1. The predicted molar refractivity (Wildman–Crippen MR) is 64.0 cm³/mol. The fourth-order valence-electron chi connectivity index (χ4n) is 1.85. The topological polar surface area (TPSA) is 66.8 Å². The molecule has 0 aromatic heterocycles. The zero-order valence-electron chi connectivity index (χ0n) is 10.1. The Kier molecular flexibility index (Phi) is 4.97. The van der Waals surface area contributed by atoms with Crippen molar-refractivity contribution in [1.29, 1.82) is 0 Å². The van der Waals surface area contributed by atoms with E-state index >= 15 is 0 Å². The first-order valence-corrected chi connectivity index (χ1v) is 5.65. The lowest BCUT2D eigenvalue weighted by Gasteiger charge is -2.20. The molecule has 0 radical (unpaired) electrons. The van der Waals surface area contributed by atoms with Crippen LogP contribution in [0.25, 0.3) is 0 Å². The van der Waals surface area contributed by atoms with E-state index in [9.17, 15) is 9.90 Å². The third-order valence-electron chi connectivity index (χ3n) is 2.76. The molecule has 2 atom stereocenters. The Bertz CT molecular complexity index is 375. The summed E-state index contributed by atoms with van der Waals surface area (Å²) in [6.07, 6.45) is 0.112. The number of aliphatic hydroxyl groups excluding tert-OH is 1. The molecular weight excluding hydrogens is 220 g/mol. The normalized spacial score (nSPS) is 14.1. The van der Waals surface area contributed by atoms with E-state index < -0.39 is 18.0 Å². The van der Waals surface area contributed by atoms with Crippen LogP contribution in [0.5, 0.6) is 5.75 Å². The van der Waals surface area contributed by atoms with Gasteiger partial charge in [-0.05, 0) is 12.5 Å². The Morgan fingerprint density at radius 3 is 2.59 bits per heavy atom. The van der Waals surface area contributed by atoms with Crippen LogP contribution in [-0.4, -0.2) is 23.3 Å². The lowest BCUT2D eigenvalue weighted by atomic mass is 9.91. The minimum Gasteiger partial charge on any atom is -0.496 e. The Labute approximate surface area is 101 Å². The predicted octanol–water partition coefficient (Wildman–Crippen LogP) is 2.23. The molecule has 94 valence electrons. The quantitative estimate of drug-likeness (QED) is 0.797. The van der Waals surface area contributed by atoms with Crippen LogP contribution in [-0.2, 0) is 4.79 Å². The molecule has 4 nitrogen and oxygen atoms in total. The molecular formula is C13H18O4. The average Bonchev–Trinajstić information content (AvgIpc) is 2.34. The second-order valence-corrected chi connectivity index (χ2v) is 3.92. The SMILES string of the molecule is CCCC(C(=O)O)C(O)c1ccccc1OC. The molecule has 0 aliphatic carbocycles. The molecule has 0 aliphatic heterocycles. The number of carboxylic acids is 1. The summed E-state index contributed by atoms with van der Waals surface area (Å²) in [5.74, 6) is -1.26. The highest BCUT2D eigenvalue weighted by Gasteiger charge is 2.28. The minimum atomic E-state index is -1.04. The number of carboxylic acid groups (broad SMARTS) is 1. The van der Waals surface area contributed by atoms with Crippen LogP contribution in [0, 0.1) is 5.92 Å². The van der Waals surface area contributed by atoms with Crippen LogP contribution in [0.2, 0.25) is 0 Å². The molecule has 0 amide bonds. The molecule has 0 bridgehead atoms. The monoisotopic (exact) mass is 238 g/mol. The highest BCUT2D eigenvalue weighted by molar-refractivity contribution is 5.71. The van der Waals surface area contributed by atoms with Crippen LogP contribution in [0.1, 0.15) is 31.4 Å². The van der Waals surface area contributed by atoms with Crippen molar-refractivity contribution in [3.8, 4) is 5.75 Å². The molecule has 1 rings (SSSR count). The zero-order valence-corrected chi connectivity index (χ0v) is 10.1. The van der Waals surface area contributed by atoms with Crippen LogP contribution in [0.3, 0.4) is 0 Å². The van der Waals surface area contributed by atoms with Gasteiger partial charge in [0.2, 0.25) is 0 Å². The van der Waals surface area contributed by atoms with Crippen molar-refractivity contribution in [2.75, 3.05) is 7.11 Å². The molecule has 4 heteroatoms. The summed E-state index contributed by atoms with van der Waals surface area (Å²) in [6, 6.07) is 6.94. The van der Waals surface area contributed by atoms with Crippen molar-refractivity contribution in [1.82, 2.24) is 0 Å². The van der Waals surface area contributed by atoms with Gasteiger partial charge in [-0.25, -0.2) is 0 Å². The molecule has 2 unspecified atom stereocenters. The molecule has 0 saturated heterocycles. The highest BCUT2D eigenvalue weighted by atomic mass is 16.5. The number of para-hydroxylation sites is 1. The Balaban J connectivity index is 3.00. The fourth-order valence-corrected chi connectivity index (χ4v) is 1.85. The van der Waals surface area contributed by atoms with Crippen LogP contribution in [0.15, 0.2) is 24.3 Å². The number of carbonyl (C=O) groups is 1. The minimum absolute atomic E-state index is 0.439. The van der Waals surface area contributed by atoms with Crippen LogP contribution < -0.4 is 4.74 Å². The molecule has 1 aromatic rings. The van der Waals surface area contributed by atoms with E-state index in [0.29, 0.717) is 24.2 Å². The first-order valence-electron chi connectivity index (χ1n) is 5.65. The summed E-state index contributed by atoms with van der Waals surface area (Å²) >= 11 is 0. The van der Waals surface area contributed by atoms with Gasteiger partial charge in [0.15, 0.2) is 0 Å². The lowest BCUT2D eigenvalue weighted by molar-refractivity contribution is -0.146. The number of rotatable bonds is 6. The van der Waals surface area contributed by atoms with E-state index in [2.05, 4.69) is 0 Å². The lowest BCUT2D eigenvalue weighted by Crippen LogP contribution is -2.22. The zero-order chi connectivity index (χ0) is 12.8. The van der Waals surface area contributed by atoms with E-state index in [4.69, 9.17) is 9.84 Å². The van der Waals surface area contributed by atoms with Crippen LogP contribution >= 0.6 is 0 Å². The van der Waals surface area contributed by atoms with Gasteiger partial charge in [-0.15, -0.1) is 0 Å². The summed E-state index contributed by atoms with van der Waals surface area (Å²) in [4.78, 5) is 11.1. The molecule has 0 fully saturated rings. The summed E-state index contributed by atoms with van der Waals surface area (Å²) in [6.45, 7) is 1.89. The summed E-state index contributed by atoms with van der Waals surface area (Å²) in [5.41, 5.74) is 0.524. The number of hydrogen-bond acceptors (Lipinski definition) is 3. The third kappa shape index (κ3) is 3.20. The van der Waals surface area contributed by atoms with Gasteiger partial charge in [-0.1, -0.05) is 31.5 Å². The summed E-state index contributed by atoms with van der Waals surface area (Å²) < 4.78 is 5.12. The molecule has 0 spiro atoms. The van der Waals surface area contributed by atoms with Gasteiger partial charge in [-0.2, -0.15) is 0 Å². The Morgan fingerprint density at radius 1 is 1.41 bits per heavy atom. The molecule has 0 heterocycles. The van der Waals surface area contributed by atoms with Gasteiger partial charge in [0.05, 0.1) is 19.1 Å². The Morgan fingerprint density at radius 2 is 2.06 bits per heavy atom. The number of ether oxygens (including phenoxy) is 1. The van der Waals surface area contributed by atoms with Crippen molar-refractivity contribution in [2.45, 2.75) is 25.9 Å². The fraction of sp³-hybridized carbons (Fsp3) is 0.462. The molecule has 17 heavy (non-hydrogen) atoms. The number of hydrogen-bond donors (Lipinski definition) is 2. The smallest absolute Gasteiger partial charge is 0.309 e. The van der Waals surface area contributed by atoms with E-state index in [0.717, 1.165) is 0 Å². The van der Waals surface area contributed by atoms with E-state index in [-0.39, 0.29) is 0 Å². The van der Waals surface area contributed by atoms with Gasteiger partial charge >= 0.3 is 5.97 Å². The van der Waals surface area contributed by atoms with E-state index in [1.165, 1.54) is 7.11 Å². The van der Waals surface area contributed by atoms with Crippen molar-refractivity contribution in [2.24, 2.45) is 5.92 Å². The summed E-state index contributed by atoms with van der Waals surface area (Å²) in [7, 11) is 1.50. The summed E-state index contributed by atoms with van der Waals surface area (Å²) in [5, 5.41) is 19.2. The van der Waals surface area contributed by atoms with E-state index in [1.807, 2.05) is 6.92 Å². The number of aliphatic carboxylic acids is 1. The maximum Gasteiger partial charge on any atom is 0.309 e. The van der Waals surface area contributed by atoms with Crippen molar-refractivity contribution < 1.29 is 19.7 Å². The molecule has 2 N–H and O–H groups in total. The second-order valence-electron chi connectivity index (χ2n) is 3.92. The van der Waals surface area contributed by atoms with Gasteiger partial charge in [-0.3, -0.25) is 4.79 Å². The largest absolute Gasteiger partial charge is 0.496 e. The van der Waals surface area contributed by atoms with Gasteiger partial charge in [0.1, 0.15) is 5.75 Å². The van der Waals surface area contributed by atoms with Crippen molar-refractivity contribution >= 4 is 5.97 Å².